The smallest absolute Gasteiger partial charge is 0.333 e. The molecule has 0 aliphatic heterocycles. The van der Waals surface area contributed by atoms with Crippen molar-refractivity contribution in [1.29, 1.82) is 0 Å². The van der Waals surface area contributed by atoms with Gasteiger partial charge in [-0.2, -0.15) is 0 Å². The van der Waals surface area contributed by atoms with Crippen LogP contribution in [0.1, 0.15) is 90.9 Å². The number of carbonyl (C=O) groups is 1. The van der Waals surface area contributed by atoms with Crippen LogP contribution < -0.4 is 0 Å². The van der Waals surface area contributed by atoms with Crippen molar-refractivity contribution in [2.75, 3.05) is 13.2 Å². The van der Waals surface area contributed by atoms with Gasteiger partial charge in [0.25, 0.3) is 0 Å². The molecule has 1 N–H and O–H groups in total. The Hall–Kier alpha value is -0.830. The van der Waals surface area contributed by atoms with E-state index in [1.165, 1.54) is 77.0 Å². The van der Waals surface area contributed by atoms with Crippen LogP contribution in [0.15, 0.2) is 12.2 Å². The first-order chi connectivity index (χ1) is 13.0. The molecular weight excluding hydrogens is 336 g/mol. The second-order valence-electron chi connectivity index (χ2n) is 9.27. The zero-order valence-corrected chi connectivity index (χ0v) is 17.8. The SMILES string of the molecule is C=C(C)C(=O)OCC(CO)C1CCC(C2CCC(CCCCC)CC2)CC1. The molecule has 0 aromatic carbocycles. The number of ether oxygens (including phenoxy) is 1. The molecule has 1 unspecified atom stereocenters. The minimum Gasteiger partial charge on any atom is -0.462 e. The van der Waals surface area contributed by atoms with Gasteiger partial charge in [-0.05, 0) is 69.1 Å². The van der Waals surface area contributed by atoms with Gasteiger partial charge in [-0.25, -0.2) is 4.79 Å². The number of unbranched alkanes of at least 4 members (excludes halogenated alkanes) is 2. The lowest BCUT2D eigenvalue weighted by Gasteiger charge is -2.39. The van der Waals surface area contributed by atoms with Gasteiger partial charge in [-0.1, -0.05) is 52.0 Å². The summed E-state index contributed by atoms with van der Waals surface area (Å²) in [4.78, 5) is 11.6. The molecule has 3 nitrogen and oxygen atoms in total. The Morgan fingerprint density at radius 1 is 1.04 bits per heavy atom. The lowest BCUT2D eigenvalue weighted by atomic mass is 9.67. The fraction of sp³-hybridized carbons (Fsp3) is 0.875. The van der Waals surface area contributed by atoms with Crippen LogP contribution in [-0.2, 0) is 9.53 Å². The molecule has 3 heteroatoms. The maximum Gasteiger partial charge on any atom is 0.333 e. The summed E-state index contributed by atoms with van der Waals surface area (Å²) in [5, 5.41) is 9.75. The number of esters is 1. The van der Waals surface area contributed by atoms with Crippen LogP contribution in [0.25, 0.3) is 0 Å². The maximum absolute atomic E-state index is 11.6. The summed E-state index contributed by atoms with van der Waals surface area (Å²) in [5.74, 6) is 3.05. The van der Waals surface area contributed by atoms with Gasteiger partial charge in [0.05, 0.1) is 6.61 Å². The first kappa shape index (κ1) is 22.5. The first-order valence-electron chi connectivity index (χ1n) is 11.5. The minimum absolute atomic E-state index is 0.0866. The number of carbonyl (C=O) groups excluding carboxylic acids is 1. The molecule has 0 heterocycles. The predicted molar refractivity (Wildman–Crippen MR) is 111 cm³/mol. The van der Waals surface area contributed by atoms with E-state index in [9.17, 15) is 9.90 Å². The molecule has 0 saturated heterocycles. The molecule has 156 valence electrons. The van der Waals surface area contributed by atoms with Gasteiger partial charge in [0.1, 0.15) is 0 Å². The summed E-state index contributed by atoms with van der Waals surface area (Å²) in [6.07, 6.45) is 16.3. The molecule has 0 aromatic heterocycles. The average Bonchev–Trinajstić information content (AvgIpc) is 2.69. The molecule has 0 spiro atoms. The van der Waals surface area contributed by atoms with E-state index in [4.69, 9.17) is 4.74 Å². The monoisotopic (exact) mass is 378 g/mol. The molecule has 1 atom stereocenters. The van der Waals surface area contributed by atoms with Crippen molar-refractivity contribution in [3.63, 3.8) is 0 Å². The van der Waals surface area contributed by atoms with E-state index in [0.717, 1.165) is 17.8 Å². The van der Waals surface area contributed by atoms with Gasteiger partial charge in [-0.15, -0.1) is 0 Å². The molecule has 2 fully saturated rings. The molecule has 0 amide bonds. The minimum atomic E-state index is -0.335. The topological polar surface area (TPSA) is 46.5 Å². The van der Waals surface area contributed by atoms with E-state index in [2.05, 4.69) is 13.5 Å². The van der Waals surface area contributed by atoms with Gasteiger partial charge in [0.2, 0.25) is 0 Å². The van der Waals surface area contributed by atoms with E-state index in [1.54, 1.807) is 6.92 Å². The summed E-state index contributed by atoms with van der Waals surface area (Å²) in [6.45, 7) is 8.03. The fourth-order valence-electron chi connectivity index (χ4n) is 5.36. The number of hydrogen-bond donors (Lipinski definition) is 1. The average molecular weight is 379 g/mol. The number of aliphatic hydroxyl groups excluding tert-OH is 1. The van der Waals surface area contributed by atoms with Crippen molar-refractivity contribution < 1.29 is 14.6 Å². The highest BCUT2D eigenvalue weighted by Gasteiger charge is 2.33. The third-order valence-electron chi connectivity index (χ3n) is 7.27. The van der Waals surface area contributed by atoms with E-state index in [-0.39, 0.29) is 18.5 Å². The zero-order valence-electron chi connectivity index (χ0n) is 17.8. The van der Waals surface area contributed by atoms with Crippen LogP contribution in [-0.4, -0.2) is 24.3 Å². The Morgan fingerprint density at radius 3 is 2.15 bits per heavy atom. The third kappa shape index (κ3) is 7.25. The molecule has 2 rings (SSSR count). The Labute approximate surface area is 167 Å². The van der Waals surface area contributed by atoms with Crippen LogP contribution >= 0.6 is 0 Å². The van der Waals surface area contributed by atoms with E-state index in [0.29, 0.717) is 18.1 Å². The zero-order chi connectivity index (χ0) is 19.6. The number of rotatable bonds is 10. The van der Waals surface area contributed by atoms with Crippen molar-refractivity contribution in [1.82, 2.24) is 0 Å². The van der Waals surface area contributed by atoms with Gasteiger partial charge in [0, 0.05) is 18.1 Å². The van der Waals surface area contributed by atoms with Gasteiger partial charge in [0.15, 0.2) is 0 Å². The Balaban J connectivity index is 1.68. The van der Waals surface area contributed by atoms with Crippen LogP contribution in [0.3, 0.4) is 0 Å². The van der Waals surface area contributed by atoms with Crippen molar-refractivity contribution in [2.24, 2.45) is 29.6 Å². The third-order valence-corrected chi connectivity index (χ3v) is 7.27. The number of hydrogen-bond acceptors (Lipinski definition) is 3. The Morgan fingerprint density at radius 2 is 1.63 bits per heavy atom. The van der Waals surface area contributed by atoms with E-state index >= 15 is 0 Å². The summed E-state index contributed by atoms with van der Waals surface area (Å²) in [6, 6.07) is 0. The molecule has 0 aromatic rings. The van der Waals surface area contributed by atoms with Gasteiger partial charge in [-0.3, -0.25) is 0 Å². The quantitative estimate of drug-likeness (QED) is 0.292. The highest BCUT2D eigenvalue weighted by Crippen LogP contribution is 2.43. The molecule has 2 aliphatic rings. The summed E-state index contributed by atoms with van der Waals surface area (Å²) in [7, 11) is 0. The molecule has 2 aliphatic carbocycles. The maximum atomic E-state index is 11.6. The van der Waals surface area contributed by atoms with E-state index in [1.807, 2.05) is 0 Å². The molecule has 0 bridgehead atoms. The highest BCUT2D eigenvalue weighted by molar-refractivity contribution is 5.86. The van der Waals surface area contributed by atoms with Crippen molar-refractivity contribution in [2.45, 2.75) is 90.9 Å². The van der Waals surface area contributed by atoms with E-state index < -0.39 is 0 Å². The van der Waals surface area contributed by atoms with Crippen LogP contribution in [0.5, 0.6) is 0 Å². The summed E-state index contributed by atoms with van der Waals surface area (Å²) in [5.41, 5.74) is 0.431. The van der Waals surface area contributed by atoms with Gasteiger partial charge < -0.3 is 9.84 Å². The highest BCUT2D eigenvalue weighted by atomic mass is 16.5. The molecule has 27 heavy (non-hydrogen) atoms. The normalized spacial score (nSPS) is 29.9. The van der Waals surface area contributed by atoms with Crippen molar-refractivity contribution in [3.8, 4) is 0 Å². The van der Waals surface area contributed by atoms with Crippen molar-refractivity contribution >= 4 is 5.97 Å². The fourth-order valence-corrected chi connectivity index (χ4v) is 5.36. The second kappa shape index (κ2) is 11.9. The van der Waals surface area contributed by atoms with Crippen LogP contribution in [0.2, 0.25) is 0 Å². The number of aliphatic hydroxyl groups is 1. The van der Waals surface area contributed by atoms with Crippen molar-refractivity contribution in [3.05, 3.63) is 12.2 Å². The van der Waals surface area contributed by atoms with Crippen LogP contribution in [0.4, 0.5) is 0 Å². The summed E-state index contributed by atoms with van der Waals surface area (Å²) >= 11 is 0. The lowest BCUT2D eigenvalue weighted by Crippen LogP contribution is -2.31. The molecule has 2 saturated carbocycles. The second-order valence-corrected chi connectivity index (χ2v) is 9.27. The van der Waals surface area contributed by atoms with Crippen LogP contribution in [0, 0.1) is 29.6 Å². The standard InChI is InChI=1S/C24H42O3/c1-4-5-6-7-19-8-10-20(11-9-19)21-12-14-22(15-13-21)23(16-25)17-27-24(26)18(2)3/h19-23,25H,2,4-17H2,1,3H3. The first-order valence-corrected chi connectivity index (χ1v) is 11.5. The largest absolute Gasteiger partial charge is 0.462 e. The summed E-state index contributed by atoms with van der Waals surface area (Å²) < 4.78 is 5.31. The molecular formula is C24H42O3. The Bertz CT molecular complexity index is 443. The lowest BCUT2D eigenvalue weighted by molar-refractivity contribution is -0.141. The Kier molecular flexibility index (Phi) is 9.89. The predicted octanol–water partition coefficient (Wildman–Crippen LogP) is 5.91. The van der Waals surface area contributed by atoms with Gasteiger partial charge >= 0.3 is 5.97 Å². The molecule has 0 radical (unpaired) electrons.